The van der Waals surface area contributed by atoms with Crippen molar-refractivity contribution in [1.29, 1.82) is 0 Å². The average Bonchev–Trinajstić information content (AvgIpc) is 2.83. The normalized spacial score (nSPS) is 17.4. The van der Waals surface area contributed by atoms with Crippen molar-refractivity contribution in [2.75, 3.05) is 5.32 Å². The highest BCUT2D eigenvalue weighted by atomic mass is 32.1. The van der Waals surface area contributed by atoms with Gasteiger partial charge in [0.1, 0.15) is 0 Å². The molecular formula is C15H14F2N2OS. The van der Waals surface area contributed by atoms with Crippen molar-refractivity contribution < 1.29 is 13.6 Å². The minimum absolute atomic E-state index is 0.0791. The average molecular weight is 308 g/mol. The first kappa shape index (κ1) is 14.1. The summed E-state index contributed by atoms with van der Waals surface area (Å²) in [5, 5.41) is 3.17. The summed E-state index contributed by atoms with van der Waals surface area (Å²) in [5.41, 5.74) is 1.12. The molecule has 0 fully saturated rings. The summed E-state index contributed by atoms with van der Waals surface area (Å²) in [4.78, 5) is 17.6. The van der Waals surface area contributed by atoms with Crippen LogP contribution in [0.3, 0.4) is 0 Å². The van der Waals surface area contributed by atoms with Crippen molar-refractivity contribution in [3.63, 3.8) is 0 Å². The topological polar surface area (TPSA) is 42.0 Å². The van der Waals surface area contributed by atoms with E-state index in [4.69, 9.17) is 0 Å². The van der Waals surface area contributed by atoms with Crippen molar-refractivity contribution >= 4 is 22.4 Å². The number of fused-ring (bicyclic) bond motifs is 1. The van der Waals surface area contributed by atoms with Gasteiger partial charge in [0.25, 0.3) is 5.91 Å². The fraction of sp³-hybridized carbons (Fsp3) is 0.333. The summed E-state index contributed by atoms with van der Waals surface area (Å²) < 4.78 is 26.0. The summed E-state index contributed by atoms with van der Waals surface area (Å²) >= 11 is 1.46. The Morgan fingerprint density at radius 2 is 2.19 bits per heavy atom. The van der Waals surface area contributed by atoms with Crippen LogP contribution in [0.1, 0.15) is 34.3 Å². The van der Waals surface area contributed by atoms with E-state index in [0.29, 0.717) is 11.0 Å². The van der Waals surface area contributed by atoms with Crippen LogP contribution in [-0.4, -0.2) is 10.9 Å². The van der Waals surface area contributed by atoms with Gasteiger partial charge in [0.05, 0.1) is 5.69 Å². The fourth-order valence-corrected chi connectivity index (χ4v) is 3.57. The maximum absolute atomic E-state index is 13.1. The molecule has 0 aliphatic heterocycles. The maximum Gasteiger partial charge on any atom is 0.257 e. The quantitative estimate of drug-likeness (QED) is 0.917. The molecule has 1 aliphatic carbocycles. The predicted molar refractivity (Wildman–Crippen MR) is 77.6 cm³/mol. The highest BCUT2D eigenvalue weighted by Gasteiger charge is 2.20. The highest BCUT2D eigenvalue weighted by Crippen LogP contribution is 2.32. The van der Waals surface area contributed by atoms with E-state index in [1.54, 1.807) is 0 Å². The summed E-state index contributed by atoms with van der Waals surface area (Å²) in [7, 11) is 0. The Morgan fingerprint density at radius 3 is 2.95 bits per heavy atom. The molecule has 2 aromatic rings. The number of nitrogens with zero attached hydrogens (tertiary/aromatic N) is 1. The molecule has 21 heavy (non-hydrogen) atoms. The van der Waals surface area contributed by atoms with Crippen LogP contribution < -0.4 is 5.32 Å². The Labute approximate surface area is 125 Å². The summed E-state index contributed by atoms with van der Waals surface area (Å²) in [6, 6.07) is 3.09. The molecule has 0 saturated carbocycles. The lowest BCUT2D eigenvalue weighted by Gasteiger charge is -2.15. The Kier molecular flexibility index (Phi) is 3.71. The number of nitrogens with one attached hydrogen (secondary N) is 1. The lowest BCUT2D eigenvalue weighted by molar-refractivity contribution is 0.102. The van der Waals surface area contributed by atoms with Gasteiger partial charge in [0.2, 0.25) is 0 Å². The van der Waals surface area contributed by atoms with Gasteiger partial charge in [0, 0.05) is 10.4 Å². The van der Waals surface area contributed by atoms with Crippen LogP contribution in [0.25, 0.3) is 0 Å². The van der Waals surface area contributed by atoms with Gasteiger partial charge in [-0.05, 0) is 43.4 Å². The molecule has 0 bridgehead atoms. The van der Waals surface area contributed by atoms with Gasteiger partial charge in [-0.25, -0.2) is 13.8 Å². The molecular weight excluding hydrogens is 294 g/mol. The molecule has 0 saturated heterocycles. The number of amides is 1. The molecule has 6 heteroatoms. The number of carbonyl (C=O) groups is 1. The number of thiazole rings is 1. The largest absolute Gasteiger partial charge is 0.298 e. The molecule has 0 radical (unpaired) electrons. The lowest BCUT2D eigenvalue weighted by atomic mass is 9.93. The second-order valence-corrected chi connectivity index (χ2v) is 6.40. The highest BCUT2D eigenvalue weighted by molar-refractivity contribution is 7.15. The van der Waals surface area contributed by atoms with Gasteiger partial charge in [-0.2, -0.15) is 0 Å². The van der Waals surface area contributed by atoms with Crippen LogP contribution in [0, 0.1) is 17.6 Å². The second-order valence-electron chi connectivity index (χ2n) is 5.32. The van der Waals surface area contributed by atoms with E-state index < -0.39 is 17.5 Å². The second kappa shape index (κ2) is 5.52. The van der Waals surface area contributed by atoms with E-state index in [1.807, 2.05) is 0 Å². The molecule has 3 rings (SSSR count). The third-order valence-corrected chi connectivity index (χ3v) is 4.62. The number of aryl methyl sites for hydroxylation is 1. The molecule has 3 nitrogen and oxygen atoms in total. The Balaban J connectivity index is 1.77. The molecule has 1 amide bonds. The van der Waals surface area contributed by atoms with Crippen LogP contribution in [-0.2, 0) is 12.8 Å². The number of rotatable bonds is 2. The van der Waals surface area contributed by atoms with E-state index >= 15 is 0 Å². The smallest absolute Gasteiger partial charge is 0.257 e. The molecule has 1 aromatic heterocycles. The molecule has 110 valence electrons. The molecule has 0 spiro atoms. The van der Waals surface area contributed by atoms with E-state index in [9.17, 15) is 13.6 Å². The molecule has 1 aliphatic rings. The minimum Gasteiger partial charge on any atom is -0.298 e. The summed E-state index contributed by atoms with van der Waals surface area (Å²) in [5.74, 6) is -1.85. The maximum atomic E-state index is 13.1. The first-order chi connectivity index (χ1) is 10.0. The number of anilines is 1. The Hall–Kier alpha value is -1.82. The molecule has 1 atom stereocenters. The molecule has 1 N–H and O–H groups in total. The standard InChI is InChI=1S/C15H14F2N2OS/c1-8-2-5-12-13(6-8)21-15(18-12)19-14(20)9-3-4-10(16)11(17)7-9/h3-4,7-8H,2,5-6H2,1H3,(H,18,19,20)/t8-/m0/s1. The molecule has 0 unspecified atom stereocenters. The number of halogens is 2. The van der Waals surface area contributed by atoms with Crippen LogP contribution in [0.4, 0.5) is 13.9 Å². The van der Waals surface area contributed by atoms with Crippen LogP contribution in [0.5, 0.6) is 0 Å². The van der Waals surface area contributed by atoms with Gasteiger partial charge < -0.3 is 0 Å². The fourth-order valence-electron chi connectivity index (χ4n) is 2.40. The van der Waals surface area contributed by atoms with Crippen LogP contribution >= 0.6 is 11.3 Å². The minimum atomic E-state index is -1.03. The van der Waals surface area contributed by atoms with Crippen molar-refractivity contribution in [1.82, 2.24) is 4.98 Å². The summed E-state index contributed by atoms with van der Waals surface area (Å²) in [6.45, 7) is 2.20. The number of carbonyl (C=O) groups excluding carboxylic acids is 1. The first-order valence-electron chi connectivity index (χ1n) is 6.78. The van der Waals surface area contributed by atoms with Crippen molar-refractivity contribution in [2.24, 2.45) is 5.92 Å². The zero-order valence-electron chi connectivity index (χ0n) is 11.5. The SMILES string of the molecule is C[C@H]1CCc2nc(NC(=O)c3ccc(F)c(F)c3)sc2C1. The lowest BCUT2D eigenvalue weighted by Crippen LogP contribution is -2.12. The Morgan fingerprint density at radius 1 is 1.38 bits per heavy atom. The van der Waals surface area contributed by atoms with Gasteiger partial charge in [-0.15, -0.1) is 11.3 Å². The monoisotopic (exact) mass is 308 g/mol. The first-order valence-corrected chi connectivity index (χ1v) is 7.59. The van der Waals surface area contributed by atoms with Crippen LogP contribution in [0.15, 0.2) is 18.2 Å². The Bertz CT molecular complexity index is 699. The van der Waals surface area contributed by atoms with Crippen LogP contribution in [0.2, 0.25) is 0 Å². The van der Waals surface area contributed by atoms with E-state index in [0.717, 1.165) is 37.1 Å². The van der Waals surface area contributed by atoms with Gasteiger partial charge in [-0.1, -0.05) is 6.92 Å². The summed E-state index contributed by atoms with van der Waals surface area (Å²) in [6.07, 6.45) is 3.01. The number of aromatic nitrogens is 1. The van der Waals surface area contributed by atoms with Gasteiger partial charge in [-0.3, -0.25) is 10.1 Å². The molecule has 1 heterocycles. The number of hydrogen-bond acceptors (Lipinski definition) is 3. The van der Waals surface area contributed by atoms with E-state index in [-0.39, 0.29) is 5.56 Å². The predicted octanol–water partition coefficient (Wildman–Crippen LogP) is 3.80. The van der Waals surface area contributed by atoms with Gasteiger partial charge in [0.15, 0.2) is 16.8 Å². The van der Waals surface area contributed by atoms with Gasteiger partial charge >= 0.3 is 0 Å². The number of benzene rings is 1. The molecule has 1 aromatic carbocycles. The van der Waals surface area contributed by atoms with E-state index in [2.05, 4.69) is 17.2 Å². The van der Waals surface area contributed by atoms with E-state index in [1.165, 1.54) is 22.3 Å². The zero-order valence-corrected chi connectivity index (χ0v) is 12.3. The third kappa shape index (κ3) is 2.95. The van der Waals surface area contributed by atoms with Crippen molar-refractivity contribution in [2.45, 2.75) is 26.2 Å². The van der Waals surface area contributed by atoms with Crippen molar-refractivity contribution in [3.05, 3.63) is 46.0 Å². The van der Waals surface area contributed by atoms with Crippen molar-refractivity contribution in [3.8, 4) is 0 Å². The number of hydrogen-bond donors (Lipinski definition) is 1. The third-order valence-electron chi connectivity index (χ3n) is 3.59. The zero-order chi connectivity index (χ0) is 15.0.